The highest BCUT2D eigenvalue weighted by atomic mass is 16.2. The summed E-state index contributed by atoms with van der Waals surface area (Å²) in [5.41, 5.74) is 2.50. The number of likely N-dealkylation sites (tertiary alicyclic amines) is 1. The Morgan fingerprint density at radius 3 is 2.62 bits per heavy atom. The number of aliphatic imine (C=N–C) groups is 1. The maximum absolute atomic E-state index is 11.9. The molecule has 0 bridgehead atoms. The van der Waals surface area contributed by atoms with Crippen LogP contribution >= 0.6 is 0 Å². The molecule has 1 fully saturated rings. The number of aryl methyl sites for hydroxylation is 1. The van der Waals surface area contributed by atoms with Gasteiger partial charge in [-0.3, -0.25) is 9.79 Å². The van der Waals surface area contributed by atoms with Crippen molar-refractivity contribution in [2.24, 2.45) is 4.99 Å². The van der Waals surface area contributed by atoms with Crippen molar-refractivity contribution in [3.05, 3.63) is 35.4 Å². The lowest BCUT2D eigenvalue weighted by atomic mass is 10.1. The van der Waals surface area contributed by atoms with E-state index in [2.05, 4.69) is 53.7 Å². The second-order valence-electron chi connectivity index (χ2n) is 6.38. The van der Waals surface area contributed by atoms with Gasteiger partial charge in [0.05, 0.1) is 0 Å². The average Bonchev–Trinajstić information content (AvgIpc) is 3.02. The lowest BCUT2D eigenvalue weighted by Crippen LogP contribution is -2.41. The molecule has 1 saturated heterocycles. The van der Waals surface area contributed by atoms with E-state index >= 15 is 0 Å². The van der Waals surface area contributed by atoms with E-state index in [-0.39, 0.29) is 0 Å². The van der Waals surface area contributed by atoms with Crippen molar-refractivity contribution in [3.63, 3.8) is 0 Å². The van der Waals surface area contributed by atoms with Crippen molar-refractivity contribution in [2.75, 3.05) is 20.1 Å². The number of carbonyl (C=O) groups is 1. The van der Waals surface area contributed by atoms with E-state index in [0.717, 1.165) is 44.9 Å². The number of carbonyl (C=O) groups excluding carboxylic acids is 1. The van der Waals surface area contributed by atoms with E-state index in [9.17, 15) is 4.79 Å². The highest BCUT2D eigenvalue weighted by molar-refractivity contribution is 5.79. The standard InChI is InChI=1S/C19H30N4O/c1-4-17(23-13-5-6-18(23)24)11-12-21-19(20-3)22-14-16-9-7-15(2)8-10-16/h7-10,17H,4-6,11-14H2,1-3H3,(H2,20,21,22). The van der Waals surface area contributed by atoms with Gasteiger partial charge in [-0.1, -0.05) is 36.8 Å². The van der Waals surface area contributed by atoms with Gasteiger partial charge in [-0.15, -0.1) is 0 Å². The van der Waals surface area contributed by atoms with Crippen LogP contribution in [0.5, 0.6) is 0 Å². The quantitative estimate of drug-likeness (QED) is 0.596. The number of nitrogens with zero attached hydrogens (tertiary/aromatic N) is 2. The highest BCUT2D eigenvalue weighted by Crippen LogP contribution is 2.17. The summed E-state index contributed by atoms with van der Waals surface area (Å²) in [4.78, 5) is 18.2. The topological polar surface area (TPSA) is 56.7 Å². The molecule has 1 aromatic carbocycles. The Hall–Kier alpha value is -2.04. The molecule has 1 amide bonds. The molecule has 0 saturated carbocycles. The van der Waals surface area contributed by atoms with Crippen molar-refractivity contribution in [1.82, 2.24) is 15.5 Å². The molecule has 2 N–H and O–H groups in total. The number of rotatable bonds is 7. The minimum Gasteiger partial charge on any atom is -0.356 e. The summed E-state index contributed by atoms with van der Waals surface area (Å²) in [6.45, 7) is 6.73. The number of nitrogens with one attached hydrogen (secondary N) is 2. The Morgan fingerprint density at radius 2 is 2.04 bits per heavy atom. The zero-order valence-corrected chi connectivity index (χ0v) is 15.1. The molecule has 5 heteroatoms. The molecule has 0 spiro atoms. The normalized spacial score (nSPS) is 16.4. The molecule has 0 radical (unpaired) electrons. The molecule has 1 heterocycles. The van der Waals surface area contributed by atoms with Gasteiger partial charge >= 0.3 is 0 Å². The summed E-state index contributed by atoms with van der Waals surface area (Å²) < 4.78 is 0. The fourth-order valence-corrected chi connectivity index (χ4v) is 3.11. The first-order valence-corrected chi connectivity index (χ1v) is 8.93. The van der Waals surface area contributed by atoms with E-state index in [1.54, 1.807) is 7.05 Å². The molecule has 0 aliphatic carbocycles. The predicted octanol–water partition coefficient (Wildman–Crippen LogP) is 2.45. The zero-order valence-electron chi connectivity index (χ0n) is 15.1. The van der Waals surface area contributed by atoms with Crippen LogP contribution in [0.15, 0.2) is 29.3 Å². The van der Waals surface area contributed by atoms with Gasteiger partial charge in [0.25, 0.3) is 0 Å². The predicted molar refractivity (Wildman–Crippen MR) is 99.0 cm³/mol. The van der Waals surface area contributed by atoms with Gasteiger partial charge < -0.3 is 15.5 Å². The summed E-state index contributed by atoms with van der Waals surface area (Å²) in [5.74, 6) is 1.11. The molecule has 1 unspecified atom stereocenters. The Labute approximate surface area is 145 Å². The van der Waals surface area contributed by atoms with E-state index < -0.39 is 0 Å². The van der Waals surface area contributed by atoms with Crippen LogP contribution in [-0.4, -0.2) is 42.9 Å². The van der Waals surface area contributed by atoms with Gasteiger partial charge in [-0.05, 0) is 31.7 Å². The highest BCUT2D eigenvalue weighted by Gasteiger charge is 2.26. The Bertz CT molecular complexity index is 553. The lowest BCUT2D eigenvalue weighted by Gasteiger charge is -2.27. The number of hydrogen-bond acceptors (Lipinski definition) is 2. The van der Waals surface area contributed by atoms with E-state index in [4.69, 9.17) is 0 Å². The fraction of sp³-hybridized carbons (Fsp3) is 0.579. The van der Waals surface area contributed by atoms with Crippen molar-refractivity contribution in [3.8, 4) is 0 Å². The smallest absolute Gasteiger partial charge is 0.222 e. The van der Waals surface area contributed by atoms with E-state index in [1.165, 1.54) is 11.1 Å². The van der Waals surface area contributed by atoms with Crippen LogP contribution in [0, 0.1) is 6.92 Å². The van der Waals surface area contributed by atoms with Gasteiger partial charge in [-0.25, -0.2) is 0 Å². The third-order valence-electron chi connectivity index (χ3n) is 4.60. The van der Waals surface area contributed by atoms with Gasteiger partial charge in [0, 0.05) is 39.1 Å². The molecule has 1 aliphatic rings. The van der Waals surface area contributed by atoms with Crippen LogP contribution in [0.2, 0.25) is 0 Å². The minimum absolute atomic E-state index is 0.309. The molecule has 2 rings (SSSR count). The number of guanidine groups is 1. The largest absolute Gasteiger partial charge is 0.356 e. The van der Waals surface area contributed by atoms with Crippen LogP contribution in [0.3, 0.4) is 0 Å². The molecular weight excluding hydrogens is 300 g/mol. The molecule has 5 nitrogen and oxygen atoms in total. The average molecular weight is 330 g/mol. The second-order valence-corrected chi connectivity index (χ2v) is 6.38. The minimum atomic E-state index is 0.309. The maximum Gasteiger partial charge on any atom is 0.222 e. The Balaban J connectivity index is 1.74. The van der Waals surface area contributed by atoms with Crippen LogP contribution in [0.25, 0.3) is 0 Å². The molecule has 24 heavy (non-hydrogen) atoms. The molecule has 1 atom stereocenters. The summed E-state index contributed by atoms with van der Waals surface area (Å²) in [7, 11) is 1.78. The van der Waals surface area contributed by atoms with Crippen molar-refractivity contribution in [2.45, 2.75) is 52.1 Å². The monoisotopic (exact) mass is 330 g/mol. The van der Waals surface area contributed by atoms with E-state index in [1.807, 2.05) is 4.90 Å². The van der Waals surface area contributed by atoms with Crippen LogP contribution in [0.4, 0.5) is 0 Å². The number of hydrogen-bond donors (Lipinski definition) is 2. The molecular formula is C19H30N4O. The third-order valence-corrected chi connectivity index (χ3v) is 4.60. The van der Waals surface area contributed by atoms with Gasteiger partial charge in [0.1, 0.15) is 0 Å². The Kier molecular flexibility index (Phi) is 7.09. The Morgan fingerprint density at radius 1 is 1.29 bits per heavy atom. The van der Waals surface area contributed by atoms with Crippen molar-refractivity contribution < 1.29 is 4.79 Å². The van der Waals surface area contributed by atoms with Gasteiger partial charge in [0.15, 0.2) is 5.96 Å². The van der Waals surface area contributed by atoms with Crippen LogP contribution in [-0.2, 0) is 11.3 Å². The van der Waals surface area contributed by atoms with Gasteiger partial charge in [0.2, 0.25) is 5.91 Å². The van der Waals surface area contributed by atoms with Gasteiger partial charge in [-0.2, -0.15) is 0 Å². The summed E-state index contributed by atoms with van der Waals surface area (Å²) in [5, 5.41) is 6.69. The second kappa shape index (κ2) is 9.30. The molecule has 1 aliphatic heterocycles. The summed E-state index contributed by atoms with van der Waals surface area (Å²) in [6.07, 6.45) is 3.67. The number of benzene rings is 1. The first kappa shape index (κ1) is 18.3. The number of amides is 1. The van der Waals surface area contributed by atoms with Crippen LogP contribution in [0.1, 0.15) is 43.7 Å². The maximum atomic E-state index is 11.9. The third kappa shape index (κ3) is 5.25. The summed E-state index contributed by atoms with van der Waals surface area (Å²) in [6, 6.07) is 8.82. The first-order valence-electron chi connectivity index (χ1n) is 8.93. The summed E-state index contributed by atoms with van der Waals surface area (Å²) >= 11 is 0. The molecule has 1 aromatic rings. The van der Waals surface area contributed by atoms with Crippen LogP contribution < -0.4 is 10.6 Å². The molecule has 132 valence electrons. The zero-order chi connectivity index (χ0) is 17.4. The van der Waals surface area contributed by atoms with E-state index in [0.29, 0.717) is 18.4 Å². The fourth-order valence-electron chi connectivity index (χ4n) is 3.11. The van der Waals surface area contributed by atoms with Crippen molar-refractivity contribution in [1.29, 1.82) is 0 Å². The first-order chi connectivity index (χ1) is 11.6. The SMILES string of the molecule is CCC(CCNC(=NC)NCc1ccc(C)cc1)N1CCCC1=O. The lowest BCUT2D eigenvalue weighted by molar-refractivity contribution is -0.129. The van der Waals surface area contributed by atoms with Crippen molar-refractivity contribution >= 4 is 11.9 Å². The molecule has 0 aromatic heterocycles.